The maximum Gasteiger partial charge on any atom is 0.164 e. The van der Waals surface area contributed by atoms with E-state index in [9.17, 15) is 0 Å². The van der Waals surface area contributed by atoms with Crippen LogP contribution >= 0.6 is 11.3 Å². The van der Waals surface area contributed by atoms with E-state index in [1.807, 2.05) is 0 Å². The largest absolute Gasteiger partial charge is 0.455 e. The summed E-state index contributed by atoms with van der Waals surface area (Å²) in [5.41, 5.74) is 13.9. The van der Waals surface area contributed by atoms with Crippen LogP contribution in [0.3, 0.4) is 0 Å². The smallest absolute Gasteiger partial charge is 0.164 e. The molecule has 6 aromatic carbocycles. The Bertz CT molecular complexity index is 2800. The Balaban J connectivity index is 1.16. The molecule has 0 radical (unpaired) electrons. The third-order valence-electron chi connectivity index (χ3n) is 11.3. The molecular weight excluding hydrogens is 629 g/mol. The van der Waals surface area contributed by atoms with Crippen molar-refractivity contribution in [3.63, 3.8) is 0 Å². The number of thiophene rings is 1. The van der Waals surface area contributed by atoms with Crippen LogP contribution < -0.4 is 0 Å². The van der Waals surface area contributed by atoms with Crippen LogP contribution in [0, 0.1) is 0 Å². The predicted molar refractivity (Wildman–Crippen MR) is 208 cm³/mol. The Morgan fingerprint density at radius 3 is 2.02 bits per heavy atom. The van der Waals surface area contributed by atoms with Crippen molar-refractivity contribution in [2.75, 3.05) is 0 Å². The molecule has 0 bridgehead atoms. The van der Waals surface area contributed by atoms with E-state index in [0.717, 1.165) is 59.9 Å². The first kappa shape index (κ1) is 28.3. The van der Waals surface area contributed by atoms with Crippen LogP contribution in [0.2, 0.25) is 0 Å². The highest BCUT2D eigenvalue weighted by Crippen LogP contribution is 2.58. The summed E-state index contributed by atoms with van der Waals surface area (Å²) in [6.07, 6.45) is 6.31. The van der Waals surface area contributed by atoms with E-state index in [0.29, 0.717) is 5.82 Å². The SMILES string of the molecule is c1ccc(-c2nc(-c3cccc4c3oc3c(-c5cccc6c5-c5ccccc5C65CCCCC5)cccc34)nc3c2sc2ccccc23)cc1. The Hall–Kier alpha value is -5.58. The third-order valence-corrected chi connectivity index (χ3v) is 12.5. The standard InChI is InChI=1S/C46H32N2OS/c1-3-14-28(15-4-1)40-44-41(34-17-6-8-25-38(34)50-44)48-45(47-40)35-22-12-21-32-31-20-11-19-30(42(31)49-43(32)35)29-18-13-24-37-39(29)33-16-5-7-23-36(33)46(37)26-9-2-10-27-46/h1,3-8,11-25H,2,9-10,26-27H2. The molecular formula is C46H32N2OS. The van der Waals surface area contributed by atoms with Gasteiger partial charge >= 0.3 is 0 Å². The summed E-state index contributed by atoms with van der Waals surface area (Å²) in [7, 11) is 0. The van der Waals surface area contributed by atoms with Crippen LogP contribution in [0.25, 0.3) is 87.1 Å². The number of nitrogens with zero attached hydrogens (tertiary/aromatic N) is 2. The first-order chi connectivity index (χ1) is 24.8. The summed E-state index contributed by atoms with van der Waals surface area (Å²) in [4.78, 5) is 10.6. The summed E-state index contributed by atoms with van der Waals surface area (Å²) < 4.78 is 9.38. The average Bonchev–Trinajstić information content (AvgIpc) is 3.84. The van der Waals surface area contributed by atoms with Gasteiger partial charge in [-0.2, -0.15) is 0 Å². The van der Waals surface area contributed by atoms with Crippen LogP contribution in [-0.2, 0) is 5.41 Å². The van der Waals surface area contributed by atoms with Crippen molar-refractivity contribution in [3.8, 4) is 44.9 Å². The zero-order valence-electron chi connectivity index (χ0n) is 27.4. The molecule has 1 saturated carbocycles. The second-order valence-corrected chi connectivity index (χ2v) is 15.0. The lowest BCUT2D eigenvalue weighted by Gasteiger charge is -2.36. The highest BCUT2D eigenvalue weighted by atomic mass is 32.1. The molecule has 3 nitrogen and oxygen atoms in total. The van der Waals surface area contributed by atoms with E-state index in [1.165, 1.54) is 64.6 Å². The number of aromatic nitrogens is 2. The minimum absolute atomic E-state index is 0.105. The molecule has 0 atom stereocenters. The molecule has 11 rings (SSSR count). The number of benzene rings is 6. The van der Waals surface area contributed by atoms with Crippen LogP contribution in [0.1, 0.15) is 43.2 Å². The molecule has 2 aliphatic carbocycles. The summed E-state index contributed by atoms with van der Waals surface area (Å²) in [6, 6.07) is 48.1. The number of fused-ring (bicyclic) bond motifs is 11. The first-order valence-corrected chi connectivity index (χ1v) is 18.5. The molecule has 0 N–H and O–H groups in total. The van der Waals surface area contributed by atoms with Crippen molar-refractivity contribution in [2.24, 2.45) is 0 Å². The number of para-hydroxylation sites is 2. The molecule has 238 valence electrons. The van der Waals surface area contributed by atoms with Crippen molar-refractivity contribution in [2.45, 2.75) is 37.5 Å². The Kier molecular flexibility index (Phi) is 6.06. The summed E-state index contributed by atoms with van der Waals surface area (Å²) >= 11 is 1.76. The molecule has 50 heavy (non-hydrogen) atoms. The normalized spacial score (nSPS) is 15.0. The third kappa shape index (κ3) is 3.91. The van der Waals surface area contributed by atoms with E-state index in [1.54, 1.807) is 11.3 Å². The molecule has 3 heterocycles. The Labute approximate surface area is 293 Å². The Morgan fingerprint density at radius 1 is 0.520 bits per heavy atom. The lowest BCUT2D eigenvalue weighted by Crippen LogP contribution is -2.27. The molecule has 1 fully saturated rings. The zero-order chi connectivity index (χ0) is 32.8. The van der Waals surface area contributed by atoms with E-state index in [4.69, 9.17) is 14.4 Å². The van der Waals surface area contributed by atoms with Gasteiger partial charge in [0.1, 0.15) is 11.2 Å². The number of furan rings is 1. The number of rotatable bonds is 3. The molecule has 1 spiro atoms. The molecule has 4 heteroatoms. The van der Waals surface area contributed by atoms with Gasteiger partial charge in [-0.25, -0.2) is 9.97 Å². The van der Waals surface area contributed by atoms with Gasteiger partial charge in [0, 0.05) is 37.4 Å². The molecule has 2 aliphatic rings. The van der Waals surface area contributed by atoms with E-state index >= 15 is 0 Å². The van der Waals surface area contributed by atoms with Crippen LogP contribution in [0.15, 0.2) is 138 Å². The summed E-state index contributed by atoms with van der Waals surface area (Å²) in [5, 5.41) is 3.35. The van der Waals surface area contributed by atoms with E-state index < -0.39 is 0 Å². The van der Waals surface area contributed by atoms with Gasteiger partial charge in [0.25, 0.3) is 0 Å². The van der Waals surface area contributed by atoms with Gasteiger partial charge in [-0.15, -0.1) is 11.3 Å². The molecule has 0 amide bonds. The van der Waals surface area contributed by atoms with Crippen molar-refractivity contribution < 1.29 is 4.42 Å². The lowest BCUT2D eigenvalue weighted by molar-refractivity contribution is 0.353. The van der Waals surface area contributed by atoms with Gasteiger partial charge in [-0.3, -0.25) is 0 Å². The lowest BCUT2D eigenvalue weighted by atomic mass is 9.68. The van der Waals surface area contributed by atoms with Gasteiger partial charge in [-0.1, -0.05) is 141 Å². The highest BCUT2D eigenvalue weighted by molar-refractivity contribution is 7.26. The average molecular weight is 661 g/mol. The molecule has 9 aromatic rings. The van der Waals surface area contributed by atoms with Crippen molar-refractivity contribution >= 4 is 53.6 Å². The van der Waals surface area contributed by atoms with Gasteiger partial charge in [0.15, 0.2) is 5.82 Å². The molecule has 3 aromatic heterocycles. The van der Waals surface area contributed by atoms with E-state index in [2.05, 4.69) is 133 Å². The fourth-order valence-electron chi connectivity index (χ4n) is 9.13. The van der Waals surface area contributed by atoms with Crippen molar-refractivity contribution in [3.05, 3.63) is 145 Å². The maximum absolute atomic E-state index is 7.06. The minimum Gasteiger partial charge on any atom is -0.455 e. The topological polar surface area (TPSA) is 38.9 Å². The minimum atomic E-state index is 0.105. The summed E-state index contributed by atoms with van der Waals surface area (Å²) in [6.45, 7) is 0. The molecule has 0 unspecified atom stereocenters. The second-order valence-electron chi connectivity index (χ2n) is 13.9. The Morgan fingerprint density at radius 2 is 1.16 bits per heavy atom. The second kappa shape index (κ2) is 10.7. The zero-order valence-corrected chi connectivity index (χ0v) is 28.3. The fraction of sp³-hybridized carbons (Fsp3) is 0.130. The van der Waals surface area contributed by atoms with Gasteiger partial charge in [0.05, 0.1) is 21.5 Å². The number of hydrogen-bond donors (Lipinski definition) is 0. The van der Waals surface area contributed by atoms with Gasteiger partial charge in [0.2, 0.25) is 0 Å². The first-order valence-electron chi connectivity index (χ1n) is 17.7. The fourth-order valence-corrected chi connectivity index (χ4v) is 10.3. The highest BCUT2D eigenvalue weighted by Gasteiger charge is 2.44. The number of hydrogen-bond acceptors (Lipinski definition) is 4. The van der Waals surface area contributed by atoms with Gasteiger partial charge in [-0.05, 0) is 52.8 Å². The van der Waals surface area contributed by atoms with E-state index in [-0.39, 0.29) is 5.41 Å². The van der Waals surface area contributed by atoms with Crippen molar-refractivity contribution in [1.82, 2.24) is 9.97 Å². The van der Waals surface area contributed by atoms with Crippen LogP contribution in [0.5, 0.6) is 0 Å². The quantitative estimate of drug-likeness (QED) is 0.189. The maximum atomic E-state index is 7.06. The van der Waals surface area contributed by atoms with Crippen LogP contribution in [0.4, 0.5) is 0 Å². The molecule has 0 saturated heterocycles. The van der Waals surface area contributed by atoms with Crippen LogP contribution in [-0.4, -0.2) is 9.97 Å². The molecule has 0 aliphatic heterocycles. The summed E-state index contributed by atoms with van der Waals surface area (Å²) in [5.74, 6) is 0.680. The predicted octanol–water partition coefficient (Wildman–Crippen LogP) is 13.0. The van der Waals surface area contributed by atoms with Gasteiger partial charge < -0.3 is 4.42 Å². The van der Waals surface area contributed by atoms with Crippen molar-refractivity contribution in [1.29, 1.82) is 0 Å². The monoisotopic (exact) mass is 660 g/mol.